The van der Waals surface area contributed by atoms with Gasteiger partial charge in [-0.25, -0.2) is 0 Å². The largest absolute Gasteiger partial charge is 0.490 e. The Bertz CT molecular complexity index is 306. The van der Waals surface area contributed by atoms with E-state index >= 15 is 0 Å². The van der Waals surface area contributed by atoms with Crippen LogP contribution in [0.25, 0.3) is 0 Å². The predicted molar refractivity (Wildman–Crippen MR) is 62.4 cm³/mol. The zero-order chi connectivity index (χ0) is 13.3. The van der Waals surface area contributed by atoms with Gasteiger partial charge in [0.05, 0.1) is 0 Å². The molecule has 0 aliphatic rings. The molecule has 96 valence electrons. The van der Waals surface area contributed by atoms with Crippen LogP contribution in [0.4, 0.5) is 0 Å². The Morgan fingerprint density at radius 1 is 1.12 bits per heavy atom. The van der Waals surface area contributed by atoms with E-state index in [1.165, 1.54) is 0 Å². The van der Waals surface area contributed by atoms with Crippen molar-refractivity contribution in [1.29, 1.82) is 0 Å². The number of rotatable bonds is 9. The van der Waals surface area contributed by atoms with E-state index in [1.807, 2.05) is 0 Å². The quantitative estimate of drug-likeness (QED) is 0.289. The highest BCUT2D eigenvalue weighted by Gasteiger charge is 2.05. The smallest absolute Gasteiger partial charge is 0.305 e. The average Bonchev–Trinajstić information content (AvgIpc) is 2.23. The molecule has 0 fully saturated rings. The summed E-state index contributed by atoms with van der Waals surface area (Å²) in [7, 11) is 0. The normalized spacial score (nSPS) is 9.47. The van der Waals surface area contributed by atoms with Gasteiger partial charge >= 0.3 is 11.9 Å². The first-order chi connectivity index (χ1) is 7.93. The molecule has 5 nitrogen and oxygen atoms in total. The van der Waals surface area contributed by atoms with Gasteiger partial charge in [0.1, 0.15) is 19.0 Å². The summed E-state index contributed by atoms with van der Waals surface area (Å²) in [5.74, 6) is -0.874. The molecule has 0 radical (unpaired) electrons. The summed E-state index contributed by atoms with van der Waals surface area (Å²) in [5, 5.41) is 8.36. The second-order valence-electron chi connectivity index (χ2n) is 3.52. The Hall–Kier alpha value is -1.78. The molecule has 0 bridgehead atoms. The van der Waals surface area contributed by atoms with E-state index in [0.29, 0.717) is 5.76 Å². The van der Waals surface area contributed by atoms with Crippen LogP contribution in [0.15, 0.2) is 24.5 Å². The van der Waals surface area contributed by atoms with Gasteiger partial charge in [0, 0.05) is 12.8 Å². The third-order valence-electron chi connectivity index (χ3n) is 1.87. The molecule has 0 aromatic carbocycles. The van der Waals surface area contributed by atoms with Gasteiger partial charge in [-0.15, -0.1) is 0 Å². The number of hydrogen-bond acceptors (Lipinski definition) is 4. The van der Waals surface area contributed by atoms with Gasteiger partial charge in [0.15, 0.2) is 0 Å². The summed E-state index contributed by atoms with van der Waals surface area (Å²) >= 11 is 0. The van der Waals surface area contributed by atoms with Gasteiger partial charge in [-0.05, 0) is 18.9 Å². The fourth-order valence-electron chi connectivity index (χ4n) is 0.900. The molecule has 0 unspecified atom stereocenters. The minimum atomic E-state index is -0.918. The van der Waals surface area contributed by atoms with Crippen LogP contribution in [-0.4, -0.2) is 30.3 Å². The molecule has 0 saturated heterocycles. The third kappa shape index (κ3) is 9.17. The van der Waals surface area contributed by atoms with E-state index in [2.05, 4.69) is 13.2 Å². The molecule has 0 atom stereocenters. The average molecular weight is 242 g/mol. The fourth-order valence-corrected chi connectivity index (χ4v) is 0.900. The first-order valence-corrected chi connectivity index (χ1v) is 5.28. The van der Waals surface area contributed by atoms with E-state index in [9.17, 15) is 9.59 Å². The first kappa shape index (κ1) is 15.2. The molecule has 1 N–H and O–H groups in total. The summed E-state index contributed by atoms with van der Waals surface area (Å²) < 4.78 is 9.96. The summed E-state index contributed by atoms with van der Waals surface area (Å²) in [6.45, 7) is 9.36. The summed E-state index contributed by atoms with van der Waals surface area (Å²) in [4.78, 5) is 21.3. The molecule has 0 heterocycles. The van der Waals surface area contributed by atoms with Crippen LogP contribution in [0.2, 0.25) is 0 Å². The van der Waals surface area contributed by atoms with Crippen molar-refractivity contribution in [3.05, 3.63) is 24.5 Å². The Kier molecular flexibility index (Phi) is 7.50. The van der Waals surface area contributed by atoms with Gasteiger partial charge in [0.25, 0.3) is 0 Å². The Labute approximate surface area is 101 Å². The highest BCUT2D eigenvalue weighted by atomic mass is 16.6. The van der Waals surface area contributed by atoms with Gasteiger partial charge < -0.3 is 14.6 Å². The van der Waals surface area contributed by atoms with Gasteiger partial charge in [-0.1, -0.05) is 13.2 Å². The van der Waals surface area contributed by atoms with Crippen molar-refractivity contribution in [2.24, 2.45) is 0 Å². The molecule has 0 aromatic heterocycles. The van der Waals surface area contributed by atoms with E-state index in [1.54, 1.807) is 6.92 Å². The SMILES string of the molecule is C=C(C)C(=C)OCCOC(=O)CCCC(=O)O. The van der Waals surface area contributed by atoms with Gasteiger partial charge in [-0.3, -0.25) is 9.59 Å². The maximum atomic E-state index is 11.1. The van der Waals surface area contributed by atoms with Gasteiger partial charge in [0.2, 0.25) is 0 Å². The Morgan fingerprint density at radius 2 is 1.71 bits per heavy atom. The predicted octanol–water partition coefficient (Wildman–Crippen LogP) is 1.89. The van der Waals surface area contributed by atoms with E-state index < -0.39 is 11.9 Å². The standard InChI is InChI=1S/C12H18O5/c1-9(2)10(3)16-7-8-17-12(15)6-4-5-11(13)14/h1,3-8H2,2H3,(H,13,14). The number of carboxylic acid groups (broad SMARTS) is 1. The monoisotopic (exact) mass is 242 g/mol. The molecule has 5 heteroatoms. The number of aliphatic carboxylic acids is 1. The number of esters is 1. The zero-order valence-corrected chi connectivity index (χ0v) is 10.0. The number of allylic oxidation sites excluding steroid dienone is 1. The molecular weight excluding hydrogens is 224 g/mol. The van der Waals surface area contributed by atoms with Crippen LogP contribution in [0, 0.1) is 0 Å². The Balaban J connectivity index is 3.48. The van der Waals surface area contributed by atoms with E-state index in [-0.39, 0.29) is 32.5 Å². The number of ether oxygens (including phenoxy) is 2. The topological polar surface area (TPSA) is 72.8 Å². The molecule has 0 rings (SSSR count). The number of carboxylic acids is 1. The third-order valence-corrected chi connectivity index (χ3v) is 1.87. The minimum absolute atomic E-state index is 0.0297. The lowest BCUT2D eigenvalue weighted by molar-refractivity contribution is -0.145. The summed E-state index contributed by atoms with van der Waals surface area (Å²) in [6.07, 6.45) is 0.360. The lowest BCUT2D eigenvalue weighted by Gasteiger charge is -2.08. The minimum Gasteiger partial charge on any atom is -0.490 e. The van der Waals surface area contributed by atoms with Crippen molar-refractivity contribution < 1.29 is 24.2 Å². The van der Waals surface area contributed by atoms with Crippen molar-refractivity contribution >= 4 is 11.9 Å². The van der Waals surface area contributed by atoms with Crippen molar-refractivity contribution in [1.82, 2.24) is 0 Å². The maximum absolute atomic E-state index is 11.1. The summed E-state index contributed by atoms with van der Waals surface area (Å²) in [5.41, 5.74) is 0.720. The van der Waals surface area contributed by atoms with Crippen LogP contribution in [-0.2, 0) is 19.1 Å². The maximum Gasteiger partial charge on any atom is 0.305 e. The second kappa shape index (κ2) is 8.38. The highest BCUT2D eigenvalue weighted by Crippen LogP contribution is 2.04. The first-order valence-electron chi connectivity index (χ1n) is 5.28. The van der Waals surface area contributed by atoms with Crippen LogP contribution in [0.5, 0.6) is 0 Å². The molecule has 0 spiro atoms. The number of hydrogen-bond donors (Lipinski definition) is 1. The summed E-state index contributed by atoms with van der Waals surface area (Å²) in [6, 6.07) is 0. The molecule has 0 aliphatic carbocycles. The van der Waals surface area contributed by atoms with Crippen molar-refractivity contribution in [2.45, 2.75) is 26.2 Å². The molecule has 0 amide bonds. The Morgan fingerprint density at radius 3 is 2.24 bits per heavy atom. The fraction of sp³-hybridized carbons (Fsp3) is 0.500. The van der Waals surface area contributed by atoms with Crippen molar-refractivity contribution in [2.75, 3.05) is 13.2 Å². The van der Waals surface area contributed by atoms with Crippen LogP contribution >= 0.6 is 0 Å². The van der Waals surface area contributed by atoms with Crippen LogP contribution in [0.1, 0.15) is 26.2 Å². The number of carbonyl (C=O) groups is 2. The lowest BCUT2D eigenvalue weighted by atomic mass is 10.2. The highest BCUT2D eigenvalue weighted by molar-refractivity contribution is 5.71. The molecule has 0 aliphatic heterocycles. The van der Waals surface area contributed by atoms with Crippen molar-refractivity contribution in [3.63, 3.8) is 0 Å². The molecule has 0 aromatic rings. The molecular formula is C12H18O5. The van der Waals surface area contributed by atoms with E-state index in [0.717, 1.165) is 5.57 Å². The van der Waals surface area contributed by atoms with Crippen LogP contribution < -0.4 is 0 Å². The lowest BCUT2D eigenvalue weighted by Crippen LogP contribution is -2.11. The van der Waals surface area contributed by atoms with E-state index in [4.69, 9.17) is 14.6 Å². The second-order valence-corrected chi connectivity index (χ2v) is 3.52. The zero-order valence-electron chi connectivity index (χ0n) is 10.0. The van der Waals surface area contributed by atoms with Crippen LogP contribution in [0.3, 0.4) is 0 Å². The van der Waals surface area contributed by atoms with Gasteiger partial charge in [-0.2, -0.15) is 0 Å². The molecule has 0 saturated carbocycles. The van der Waals surface area contributed by atoms with Crippen molar-refractivity contribution in [3.8, 4) is 0 Å². The number of carbonyl (C=O) groups excluding carboxylic acids is 1. The molecule has 17 heavy (non-hydrogen) atoms.